The van der Waals surface area contributed by atoms with Gasteiger partial charge < -0.3 is 14.4 Å². The van der Waals surface area contributed by atoms with Gasteiger partial charge in [0.25, 0.3) is 5.91 Å². The van der Waals surface area contributed by atoms with Crippen LogP contribution in [-0.2, 0) is 25.5 Å². The number of esters is 2. The van der Waals surface area contributed by atoms with Crippen molar-refractivity contribution in [3.63, 3.8) is 0 Å². The monoisotopic (exact) mass is 441 g/mol. The van der Waals surface area contributed by atoms with E-state index in [1.165, 1.54) is 7.11 Å². The van der Waals surface area contributed by atoms with Crippen LogP contribution >= 0.6 is 0 Å². The van der Waals surface area contributed by atoms with Crippen molar-refractivity contribution in [3.8, 4) is 5.69 Å². The summed E-state index contributed by atoms with van der Waals surface area (Å²) >= 11 is 0. The number of carbonyl (C=O) groups excluding carboxylic acids is 3. The fourth-order valence-electron chi connectivity index (χ4n) is 4.12. The maximum atomic E-state index is 12.9. The quantitative estimate of drug-likeness (QED) is 0.614. The molecule has 1 saturated heterocycles. The lowest BCUT2D eigenvalue weighted by Gasteiger charge is -2.31. The number of methoxy groups -OCH3 is 1. The molecule has 3 rings (SSSR count). The van der Waals surface area contributed by atoms with Gasteiger partial charge in [0.1, 0.15) is 0 Å². The molecule has 0 radical (unpaired) electrons. The van der Waals surface area contributed by atoms with Gasteiger partial charge in [-0.05, 0) is 69.9 Å². The van der Waals surface area contributed by atoms with Crippen molar-refractivity contribution in [2.45, 2.75) is 46.5 Å². The Morgan fingerprint density at radius 1 is 1.09 bits per heavy atom. The van der Waals surface area contributed by atoms with E-state index in [4.69, 9.17) is 9.47 Å². The van der Waals surface area contributed by atoms with Crippen LogP contribution in [0, 0.1) is 19.8 Å². The molecule has 0 N–H and O–H groups in total. The van der Waals surface area contributed by atoms with Gasteiger partial charge in [-0.3, -0.25) is 14.4 Å². The highest BCUT2D eigenvalue weighted by molar-refractivity contribution is 5.94. The number of hydrogen-bond donors (Lipinski definition) is 0. The molecule has 2 heterocycles. The average Bonchev–Trinajstić information content (AvgIpc) is 3.10. The fourth-order valence-corrected chi connectivity index (χ4v) is 4.12. The summed E-state index contributed by atoms with van der Waals surface area (Å²) in [5.74, 6) is -0.572. The third kappa shape index (κ3) is 5.18. The van der Waals surface area contributed by atoms with Gasteiger partial charge in [0, 0.05) is 30.8 Å². The van der Waals surface area contributed by atoms with E-state index in [-0.39, 0.29) is 23.8 Å². The molecular weight excluding hydrogens is 410 g/mol. The first-order chi connectivity index (χ1) is 15.3. The molecule has 0 saturated carbocycles. The molecular formula is C24H31N3O5. The van der Waals surface area contributed by atoms with Crippen LogP contribution in [0.5, 0.6) is 0 Å². The van der Waals surface area contributed by atoms with E-state index in [2.05, 4.69) is 5.10 Å². The van der Waals surface area contributed by atoms with E-state index in [1.807, 2.05) is 30.7 Å². The molecule has 8 nitrogen and oxygen atoms in total. The number of amides is 1. The minimum atomic E-state index is -0.245. The number of ether oxygens (including phenoxy) is 2. The van der Waals surface area contributed by atoms with Gasteiger partial charge in [0.2, 0.25) is 0 Å². The smallest absolute Gasteiger partial charge is 0.309 e. The van der Waals surface area contributed by atoms with Crippen molar-refractivity contribution in [2.75, 3.05) is 26.8 Å². The van der Waals surface area contributed by atoms with Crippen LogP contribution in [0.4, 0.5) is 0 Å². The molecule has 1 fully saturated rings. The molecule has 1 aliphatic heterocycles. The first-order valence-corrected chi connectivity index (χ1v) is 11.0. The SMILES string of the molecule is CCOC(=O)C1CCN(C(=O)c2ccc(-n3nc(C)c(CCC(=O)OC)c3C)cc2)CC1. The summed E-state index contributed by atoms with van der Waals surface area (Å²) in [5.41, 5.74) is 4.32. The first kappa shape index (κ1) is 23.5. The number of benzene rings is 1. The van der Waals surface area contributed by atoms with E-state index in [0.29, 0.717) is 50.9 Å². The van der Waals surface area contributed by atoms with Gasteiger partial charge in [-0.15, -0.1) is 0 Å². The summed E-state index contributed by atoms with van der Waals surface area (Å²) in [6.07, 6.45) is 2.14. The van der Waals surface area contributed by atoms with Gasteiger partial charge in [-0.1, -0.05) is 0 Å². The normalized spacial score (nSPS) is 14.3. The summed E-state index contributed by atoms with van der Waals surface area (Å²) in [4.78, 5) is 38.1. The topological polar surface area (TPSA) is 90.7 Å². The predicted octanol–water partition coefficient (Wildman–Crippen LogP) is 3.01. The molecule has 1 aliphatic rings. The third-order valence-electron chi connectivity index (χ3n) is 6.01. The summed E-state index contributed by atoms with van der Waals surface area (Å²) in [6, 6.07) is 7.36. The molecule has 2 aromatic rings. The van der Waals surface area contributed by atoms with Crippen molar-refractivity contribution in [1.29, 1.82) is 0 Å². The highest BCUT2D eigenvalue weighted by Crippen LogP contribution is 2.23. The van der Waals surface area contributed by atoms with E-state index in [1.54, 1.807) is 24.0 Å². The molecule has 0 atom stereocenters. The Kier molecular flexibility index (Phi) is 7.66. The molecule has 172 valence electrons. The molecule has 0 aliphatic carbocycles. The maximum absolute atomic E-state index is 12.9. The zero-order chi connectivity index (χ0) is 23.3. The van der Waals surface area contributed by atoms with E-state index in [9.17, 15) is 14.4 Å². The van der Waals surface area contributed by atoms with E-state index >= 15 is 0 Å². The second kappa shape index (κ2) is 10.4. The molecule has 0 spiro atoms. The van der Waals surface area contributed by atoms with Gasteiger partial charge in [-0.25, -0.2) is 4.68 Å². The summed E-state index contributed by atoms with van der Waals surface area (Å²) in [5, 5.41) is 4.61. The van der Waals surface area contributed by atoms with Crippen LogP contribution in [0.15, 0.2) is 24.3 Å². The Balaban J connectivity index is 1.66. The summed E-state index contributed by atoms with van der Waals surface area (Å²) in [7, 11) is 1.39. The van der Waals surface area contributed by atoms with Crippen molar-refractivity contribution < 1.29 is 23.9 Å². The average molecular weight is 442 g/mol. The minimum absolute atomic E-state index is 0.0361. The van der Waals surface area contributed by atoms with Crippen LogP contribution in [0.3, 0.4) is 0 Å². The van der Waals surface area contributed by atoms with Crippen LogP contribution in [-0.4, -0.2) is 59.3 Å². The third-order valence-corrected chi connectivity index (χ3v) is 6.01. The lowest BCUT2D eigenvalue weighted by atomic mass is 9.96. The maximum Gasteiger partial charge on any atom is 0.309 e. The first-order valence-electron chi connectivity index (χ1n) is 11.0. The highest BCUT2D eigenvalue weighted by atomic mass is 16.5. The molecule has 1 aromatic heterocycles. The number of aromatic nitrogens is 2. The molecule has 8 heteroatoms. The van der Waals surface area contributed by atoms with Crippen molar-refractivity contribution in [1.82, 2.24) is 14.7 Å². The van der Waals surface area contributed by atoms with E-state index in [0.717, 1.165) is 22.6 Å². The Morgan fingerprint density at radius 2 is 1.75 bits per heavy atom. The number of likely N-dealkylation sites (tertiary alicyclic amines) is 1. The zero-order valence-corrected chi connectivity index (χ0v) is 19.2. The van der Waals surface area contributed by atoms with Crippen molar-refractivity contribution >= 4 is 17.8 Å². The Labute approximate surface area is 188 Å². The molecule has 1 aromatic carbocycles. The van der Waals surface area contributed by atoms with Crippen LogP contribution in [0.2, 0.25) is 0 Å². The number of rotatable bonds is 7. The summed E-state index contributed by atoms with van der Waals surface area (Å²) in [6.45, 7) is 7.17. The van der Waals surface area contributed by atoms with Crippen molar-refractivity contribution in [3.05, 3.63) is 46.8 Å². The number of carbonyl (C=O) groups is 3. The highest BCUT2D eigenvalue weighted by Gasteiger charge is 2.28. The van der Waals surface area contributed by atoms with Gasteiger partial charge in [0.15, 0.2) is 0 Å². The molecule has 1 amide bonds. The number of hydrogen-bond acceptors (Lipinski definition) is 6. The standard InChI is InChI=1S/C24H31N3O5/c1-5-32-24(30)19-12-14-26(15-13-19)23(29)18-6-8-20(9-7-18)27-17(3)21(16(2)25-27)10-11-22(28)31-4/h6-9,19H,5,10-15H2,1-4H3. The molecule has 0 unspecified atom stereocenters. The number of piperidine rings is 1. The van der Waals surface area contributed by atoms with Crippen LogP contribution in [0.25, 0.3) is 5.69 Å². The van der Waals surface area contributed by atoms with Gasteiger partial charge >= 0.3 is 11.9 Å². The molecule has 0 bridgehead atoms. The van der Waals surface area contributed by atoms with Gasteiger partial charge in [-0.2, -0.15) is 5.10 Å². The fraction of sp³-hybridized carbons (Fsp3) is 0.500. The zero-order valence-electron chi connectivity index (χ0n) is 19.2. The Hall–Kier alpha value is -3.16. The van der Waals surface area contributed by atoms with Gasteiger partial charge in [0.05, 0.1) is 31.0 Å². The van der Waals surface area contributed by atoms with E-state index < -0.39 is 0 Å². The lowest BCUT2D eigenvalue weighted by Crippen LogP contribution is -2.40. The van der Waals surface area contributed by atoms with Crippen molar-refractivity contribution in [2.24, 2.45) is 5.92 Å². The second-order valence-electron chi connectivity index (χ2n) is 8.00. The largest absolute Gasteiger partial charge is 0.469 e. The number of aryl methyl sites for hydroxylation is 1. The Bertz CT molecular complexity index is 972. The minimum Gasteiger partial charge on any atom is -0.469 e. The summed E-state index contributed by atoms with van der Waals surface area (Å²) < 4.78 is 11.7. The lowest BCUT2D eigenvalue weighted by molar-refractivity contribution is -0.149. The Morgan fingerprint density at radius 3 is 2.34 bits per heavy atom. The van der Waals surface area contributed by atoms with Crippen LogP contribution in [0.1, 0.15) is 53.5 Å². The second-order valence-corrected chi connectivity index (χ2v) is 8.00. The molecule has 32 heavy (non-hydrogen) atoms. The number of nitrogens with zero attached hydrogens (tertiary/aromatic N) is 3. The van der Waals surface area contributed by atoms with Crippen LogP contribution < -0.4 is 0 Å². The predicted molar refractivity (Wildman–Crippen MR) is 119 cm³/mol.